The Hall–Kier alpha value is -3.90. The number of carbonyl (C=O) groups excluding carboxylic acids is 1. The van der Waals surface area contributed by atoms with Crippen LogP contribution in [-0.4, -0.2) is 10.9 Å². The molecule has 0 aliphatic carbocycles. The van der Waals surface area contributed by atoms with Crippen LogP contribution >= 0.6 is 11.3 Å². The van der Waals surface area contributed by atoms with Crippen molar-refractivity contribution >= 4 is 33.1 Å². The molecule has 0 saturated heterocycles. The Morgan fingerprint density at radius 1 is 1.12 bits per heavy atom. The minimum atomic E-state index is -4.55. The molecule has 2 aromatic carbocycles. The van der Waals surface area contributed by atoms with E-state index in [1.807, 2.05) is 24.3 Å². The molecular weight excluding hydrogens is 463 g/mol. The zero-order chi connectivity index (χ0) is 24.3. The van der Waals surface area contributed by atoms with Crippen LogP contribution in [0.5, 0.6) is 5.75 Å². The number of para-hydroxylation sites is 1. The third-order valence-corrected chi connectivity index (χ3v) is 6.37. The molecule has 0 bridgehead atoms. The smallest absolute Gasteiger partial charge is 0.433 e. The third kappa shape index (κ3) is 5.02. The van der Waals surface area contributed by atoms with Gasteiger partial charge in [-0.05, 0) is 48.4 Å². The number of benzene rings is 2. The van der Waals surface area contributed by atoms with Crippen molar-refractivity contribution in [2.24, 2.45) is 0 Å². The molecule has 9 heteroatoms. The Morgan fingerprint density at radius 3 is 2.56 bits per heavy atom. The lowest BCUT2D eigenvalue weighted by molar-refractivity contribution is -0.140. The number of nitriles is 1. The highest BCUT2D eigenvalue weighted by Crippen LogP contribution is 2.34. The van der Waals surface area contributed by atoms with Gasteiger partial charge in [0.05, 0.1) is 17.4 Å². The van der Waals surface area contributed by atoms with Gasteiger partial charge >= 0.3 is 6.18 Å². The van der Waals surface area contributed by atoms with Crippen LogP contribution in [0.3, 0.4) is 0 Å². The number of alkyl halides is 3. The van der Waals surface area contributed by atoms with Gasteiger partial charge in [0.25, 0.3) is 5.91 Å². The van der Waals surface area contributed by atoms with Gasteiger partial charge < -0.3 is 10.1 Å². The maximum atomic E-state index is 13.0. The molecule has 0 atom stereocenters. The van der Waals surface area contributed by atoms with Crippen LogP contribution in [-0.2, 0) is 19.2 Å². The van der Waals surface area contributed by atoms with E-state index in [1.54, 1.807) is 31.2 Å². The van der Waals surface area contributed by atoms with Crippen molar-refractivity contribution in [1.29, 1.82) is 5.26 Å². The van der Waals surface area contributed by atoms with Crippen molar-refractivity contribution < 1.29 is 22.7 Å². The Bertz CT molecular complexity index is 1390. The second kappa shape index (κ2) is 9.53. The van der Waals surface area contributed by atoms with Crippen LogP contribution in [0.1, 0.15) is 32.1 Å². The topological polar surface area (TPSA) is 75.0 Å². The van der Waals surface area contributed by atoms with Gasteiger partial charge in [0.2, 0.25) is 0 Å². The number of pyridine rings is 1. The first-order chi connectivity index (χ1) is 16.3. The monoisotopic (exact) mass is 481 g/mol. The highest BCUT2D eigenvalue weighted by molar-refractivity contribution is 7.20. The lowest BCUT2D eigenvalue weighted by atomic mass is 10.1. The number of aromatic nitrogens is 1. The number of nitrogens with one attached hydrogen (secondary N) is 1. The fourth-order valence-electron chi connectivity index (χ4n) is 3.38. The summed E-state index contributed by atoms with van der Waals surface area (Å²) in [7, 11) is 0. The molecule has 5 nitrogen and oxygen atoms in total. The van der Waals surface area contributed by atoms with Gasteiger partial charge in [-0.25, -0.2) is 4.98 Å². The number of thiophene rings is 1. The molecule has 0 spiro atoms. The molecule has 0 aliphatic rings. The van der Waals surface area contributed by atoms with Crippen LogP contribution in [0.15, 0.2) is 60.7 Å². The van der Waals surface area contributed by atoms with E-state index >= 15 is 0 Å². The number of hydrogen-bond acceptors (Lipinski definition) is 5. The predicted molar refractivity (Wildman–Crippen MR) is 124 cm³/mol. The zero-order valence-corrected chi connectivity index (χ0v) is 18.8. The molecule has 1 amide bonds. The van der Waals surface area contributed by atoms with Gasteiger partial charge in [-0.1, -0.05) is 30.3 Å². The lowest BCUT2D eigenvalue weighted by Gasteiger charge is -2.12. The summed E-state index contributed by atoms with van der Waals surface area (Å²) >= 11 is 0.926. The van der Waals surface area contributed by atoms with Crippen molar-refractivity contribution in [3.05, 3.63) is 87.9 Å². The summed E-state index contributed by atoms with van der Waals surface area (Å²) < 4.78 is 44.8. The molecule has 172 valence electrons. The highest BCUT2D eigenvalue weighted by Gasteiger charge is 2.33. The first-order valence-electron chi connectivity index (χ1n) is 10.2. The Kier molecular flexibility index (Phi) is 6.52. The van der Waals surface area contributed by atoms with Gasteiger partial charge in [-0.3, -0.25) is 4.79 Å². The Balaban J connectivity index is 1.52. The molecule has 2 heterocycles. The average Bonchev–Trinajstić information content (AvgIpc) is 3.15. The zero-order valence-electron chi connectivity index (χ0n) is 17.9. The van der Waals surface area contributed by atoms with Gasteiger partial charge in [0.15, 0.2) is 0 Å². The fourth-order valence-corrected chi connectivity index (χ4v) is 4.45. The van der Waals surface area contributed by atoms with E-state index in [-0.39, 0.29) is 11.4 Å². The number of halogens is 3. The standard InChI is InChI=1S/C25H18F3N3O2S/c1-15-19-10-11-21(25(26,27)28)31-24(19)34-22(15)23(32)30-20-5-3-2-4-17(20)14-33-18-8-6-16(7-9-18)12-13-29/h2-11H,12,14H2,1H3,(H,30,32). The van der Waals surface area contributed by atoms with Gasteiger partial charge in [-0.2, -0.15) is 18.4 Å². The summed E-state index contributed by atoms with van der Waals surface area (Å²) in [5.41, 5.74) is 1.74. The minimum absolute atomic E-state index is 0.161. The first-order valence-corrected chi connectivity index (χ1v) is 11.0. The number of anilines is 1. The van der Waals surface area contributed by atoms with E-state index in [9.17, 15) is 18.0 Å². The van der Waals surface area contributed by atoms with Crippen LogP contribution in [0.25, 0.3) is 10.2 Å². The molecule has 4 aromatic rings. The average molecular weight is 481 g/mol. The molecule has 34 heavy (non-hydrogen) atoms. The third-order valence-electron chi connectivity index (χ3n) is 5.17. The Labute approximate surface area is 197 Å². The van der Waals surface area contributed by atoms with Crippen LogP contribution in [0.2, 0.25) is 0 Å². The number of aryl methyl sites for hydroxylation is 1. The number of carbonyl (C=O) groups is 1. The number of fused-ring (bicyclic) bond motifs is 1. The number of ether oxygens (including phenoxy) is 1. The summed E-state index contributed by atoms with van der Waals surface area (Å²) in [6.07, 6.45) is -4.23. The molecular formula is C25H18F3N3O2S. The minimum Gasteiger partial charge on any atom is -0.489 e. The molecule has 0 aliphatic heterocycles. The normalized spacial score (nSPS) is 11.3. The van der Waals surface area contributed by atoms with E-state index in [0.717, 1.165) is 28.5 Å². The van der Waals surface area contributed by atoms with Gasteiger partial charge in [0.1, 0.15) is 22.9 Å². The van der Waals surface area contributed by atoms with Gasteiger partial charge in [-0.15, -0.1) is 11.3 Å². The number of hydrogen-bond donors (Lipinski definition) is 1. The molecule has 0 fully saturated rings. The van der Waals surface area contributed by atoms with E-state index in [1.165, 1.54) is 6.07 Å². The fraction of sp³-hybridized carbons (Fsp3) is 0.160. The largest absolute Gasteiger partial charge is 0.489 e. The lowest BCUT2D eigenvalue weighted by Crippen LogP contribution is -2.13. The molecule has 0 saturated carbocycles. The van der Waals surface area contributed by atoms with E-state index in [2.05, 4.69) is 16.4 Å². The van der Waals surface area contributed by atoms with E-state index in [4.69, 9.17) is 10.00 Å². The molecule has 1 N–H and O–H groups in total. The van der Waals surface area contributed by atoms with Gasteiger partial charge in [0, 0.05) is 16.6 Å². The first kappa shape index (κ1) is 23.3. The molecule has 4 rings (SSSR count). The number of amides is 1. The summed E-state index contributed by atoms with van der Waals surface area (Å²) in [4.78, 5) is 17.1. The van der Waals surface area contributed by atoms with Crippen molar-refractivity contribution in [2.45, 2.75) is 26.1 Å². The van der Waals surface area contributed by atoms with Crippen LogP contribution in [0.4, 0.5) is 18.9 Å². The van der Waals surface area contributed by atoms with E-state index in [0.29, 0.717) is 33.7 Å². The second-order valence-electron chi connectivity index (χ2n) is 7.48. The summed E-state index contributed by atoms with van der Waals surface area (Å²) in [6, 6.07) is 18.7. The van der Waals surface area contributed by atoms with Crippen molar-refractivity contribution in [2.75, 3.05) is 5.32 Å². The van der Waals surface area contributed by atoms with Crippen molar-refractivity contribution in [1.82, 2.24) is 4.98 Å². The van der Waals surface area contributed by atoms with Crippen molar-refractivity contribution in [3.63, 3.8) is 0 Å². The number of rotatable bonds is 6. The van der Waals surface area contributed by atoms with Crippen LogP contribution in [0, 0.1) is 18.3 Å². The maximum Gasteiger partial charge on any atom is 0.433 e. The Morgan fingerprint density at radius 2 is 1.85 bits per heavy atom. The van der Waals surface area contributed by atoms with Crippen molar-refractivity contribution in [3.8, 4) is 11.8 Å². The molecule has 0 unspecified atom stereocenters. The summed E-state index contributed by atoms with van der Waals surface area (Å²) in [5, 5.41) is 12.1. The second-order valence-corrected chi connectivity index (χ2v) is 8.48. The molecule has 0 radical (unpaired) electrons. The maximum absolute atomic E-state index is 13.0. The summed E-state index contributed by atoms with van der Waals surface area (Å²) in [5.74, 6) is 0.192. The number of nitrogens with zero attached hydrogens (tertiary/aromatic N) is 2. The van der Waals surface area contributed by atoms with E-state index < -0.39 is 17.8 Å². The van der Waals surface area contributed by atoms with Crippen LogP contribution < -0.4 is 10.1 Å². The SMILES string of the molecule is Cc1c(C(=O)Nc2ccccc2COc2ccc(CC#N)cc2)sc2nc(C(F)(F)F)ccc12. The molecule has 2 aromatic heterocycles. The highest BCUT2D eigenvalue weighted by atomic mass is 32.1. The quantitative estimate of drug-likeness (QED) is 0.340. The predicted octanol–water partition coefficient (Wildman–Crippen LogP) is 6.52. The summed E-state index contributed by atoms with van der Waals surface area (Å²) in [6.45, 7) is 1.88.